The summed E-state index contributed by atoms with van der Waals surface area (Å²) < 4.78 is 0. The van der Waals surface area contributed by atoms with Crippen molar-refractivity contribution in [1.29, 1.82) is 0 Å². The van der Waals surface area contributed by atoms with E-state index in [1.807, 2.05) is 42.5 Å². The SMILES string of the molecule is CC(C)CN=C(N)S[C@H](c1ccccc1)c1ccc(Cl)cc1. The zero-order valence-corrected chi connectivity index (χ0v) is 14.4. The van der Waals surface area contributed by atoms with Gasteiger partial charge in [-0.05, 0) is 29.2 Å². The second kappa shape index (κ2) is 8.25. The molecule has 0 aliphatic carbocycles. The van der Waals surface area contributed by atoms with Crippen molar-refractivity contribution in [2.75, 3.05) is 6.54 Å². The summed E-state index contributed by atoms with van der Waals surface area (Å²) in [6, 6.07) is 18.2. The van der Waals surface area contributed by atoms with Gasteiger partial charge in [-0.3, -0.25) is 4.99 Å². The molecule has 2 N–H and O–H groups in total. The van der Waals surface area contributed by atoms with Crippen LogP contribution in [0.5, 0.6) is 0 Å². The topological polar surface area (TPSA) is 38.4 Å². The first-order valence-corrected chi connectivity index (χ1v) is 8.59. The third-order valence-electron chi connectivity index (χ3n) is 3.13. The molecule has 1 atom stereocenters. The Kier molecular flexibility index (Phi) is 6.34. The van der Waals surface area contributed by atoms with Gasteiger partial charge in [0.05, 0.1) is 5.25 Å². The summed E-state index contributed by atoms with van der Waals surface area (Å²) in [7, 11) is 0. The second-order valence-corrected chi connectivity index (χ2v) is 7.09. The van der Waals surface area contributed by atoms with Crippen LogP contribution >= 0.6 is 23.4 Å². The molecule has 2 rings (SSSR count). The van der Waals surface area contributed by atoms with E-state index in [9.17, 15) is 0 Å². The Hall–Kier alpha value is -1.45. The highest BCUT2D eigenvalue weighted by atomic mass is 35.5. The molecule has 116 valence electrons. The Balaban J connectivity index is 2.26. The number of halogens is 1. The van der Waals surface area contributed by atoms with Gasteiger partial charge >= 0.3 is 0 Å². The molecule has 2 aromatic carbocycles. The van der Waals surface area contributed by atoms with E-state index in [1.165, 1.54) is 11.1 Å². The fraction of sp³-hybridized carbons (Fsp3) is 0.278. The molecule has 0 saturated heterocycles. The quantitative estimate of drug-likeness (QED) is 0.608. The van der Waals surface area contributed by atoms with E-state index >= 15 is 0 Å². The summed E-state index contributed by atoms with van der Waals surface area (Å²) in [4.78, 5) is 4.46. The number of nitrogens with two attached hydrogens (primary N) is 1. The van der Waals surface area contributed by atoms with E-state index in [0.717, 1.165) is 11.6 Å². The first-order chi connectivity index (χ1) is 10.6. The number of amidine groups is 1. The van der Waals surface area contributed by atoms with Gasteiger partial charge in [0.15, 0.2) is 5.17 Å². The Morgan fingerprint density at radius 1 is 1.05 bits per heavy atom. The Bertz CT molecular complexity index is 609. The lowest BCUT2D eigenvalue weighted by Gasteiger charge is -2.17. The van der Waals surface area contributed by atoms with Gasteiger partial charge in [-0.1, -0.05) is 79.7 Å². The highest BCUT2D eigenvalue weighted by Crippen LogP contribution is 2.36. The van der Waals surface area contributed by atoms with Gasteiger partial charge in [0, 0.05) is 11.6 Å². The molecule has 2 nitrogen and oxygen atoms in total. The smallest absolute Gasteiger partial charge is 0.154 e. The van der Waals surface area contributed by atoms with Crippen LogP contribution in [0, 0.1) is 5.92 Å². The van der Waals surface area contributed by atoms with Crippen molar-refractivity contribution in [2.45, 2.75) is 19.1 Å². The van der Waals surface area contributed by atoms with E-state index in [2.05, 4.69) is 31.0 Å². The van der Waals surface area contributed by atoms with E-state index in [-0.39, 0.29) is 5.25 Å². The fourth-order valence-corrected chi connectivity index (χ4v) is 3.13. The number of hydrogen-bond donors (Lipinski definition) is 1. The minimum Gasteiger partial charge on any atom is -0.379 e. The highest BCUT2D eigenvalue weighted by Gasteiger charge is 2.16. The monoisotopic (exact) mass is 332 g/mol. The average molecular weight is 333 g/mol. The predicted octanol–water partition coefficient (Wildman–Crippen LogP) is 5.13. The van der Waals surface area contributed by atoms with Crippen LogP contribution in [0.4, 0.5) is 0 Å². The zero-order chi connectivity index (χ0) is 15.9. The molecular weight excluding hydrogens is 312 g/mol. The fourth-order valence-electron chi connectivity index (χ4n) is 2.02. The van der Waals surface area contributed by atoms with Crippen LogP contribution < -0.4 is 5.73 Å². The average Bonchev–Trinajstić information content (AvgIpc) is 2.52. The lowest BCUT2D eigenvalue weighted by atomic mass is 10.0. The molecular formula is C18H21ClN2S. The van der Waals surface area contributed by atoms with Crippen molar-refractivity contribution in [3.63, 3.8) is 0 Å². The maximum Gasteiger partial charge on any atom is 0.154 e. The molecule has 4 heteroatoms. The van der Waals surface area contributed by atoms with E-state index < -0.39 is 0 Å². The summed E-state index contributed by atoms with van der Waals surface area (Å²) in [5.74, 6) is 0.504. The molecule has 0 aliphatic heterocycles. The third kappa shape index (κ3) is 5.08. The van der Waals surface area contributed by atoms with Crippen molar-refractivity contribution in [1.82, 2.24) is 0 Å². The molecule has 0 radical (unpaired) electrons. The van der Waals surface area contributed by atoms with E-state index in [4.69, 9.17) is 17.3 Å². The van der Waals surface area contributed by atoms with Crippen LogP contribution in [-0.4, -0.2) is 11.7 Å². The largest absolute Gasteiger partial charge is 0.379 e. The van der Waals surface area contributed by atoms with Crippen molar-refractivity contribution in [3.05, 3.63) is 70.7 Å². The minimum absolute atomic E-state index is 0.120. The number of benzene rings is 2. The number of aliphatic imine (C=N–C) groups is 1. The number of rotatable bonds is 5. The summed E-state index contributed by atoms with van der Waals surface area (Å²) in [5, 5.41) is 1.48. The third-order valence-corrected chi connectivity index (χ3v) is 4.53. The molecule has 0 aromatic heterocycles. The normalized spacial score (nSPS) is 13.4. The van der Waals surface area contributed by atoms with Crippen molar-refractivity contribution in [2.24, 2.45) is 16.6 Å². The van der Waals surface area contributed by atoms with Gasteiger partial charge in [-0.2, -0.15) is 0 Å². The molecule has 2 aromatic rings. The van der Waals surface area contributed by atoms with Crippen LogP contribution in [-0.2, 0) is 0 Å². The van der Waals surface area contributed by atoms with Crippen LogP contribution in [0.1, 0.15) is 30.2 Å². The lowest BCUT2D eigenvalue weighted by Crippen LogP contribution is -2.12. The molecule has 0 bridgehead atoms. The van der Waals surface area contributed by atoms with Gasteiger partial charge in [0.1, 0.15) is 0 Å². The highest BCUT2D eigenvalue weighted by molar-refractivity contribution is 8.14. The molecule has 22 heavy (non-hydrogen) atoms. The minimum atomic E-state index is 0.120. The van der Waals surface area contributed by atoms with Gasteiger partial charge in [0.2, 0.25) is 0 Å². The zero-order valence-electron chi connectivity index (χ0n) is 12.9. The number of thioether (sulfide) groups is 1. The lowest BCUT2D eigenvalue weighted by molar-refractivity contribution is 0.666. The molecule has 0 spiro atoms. The summed E-state index contributed by atoms with van der Waals surface area (Å²) in [6.45, 7) is 5.02. The van der Waals surface area contributed by atoms with Crippen LogP contribution in [0.25, 0.3) is 0 Å². The van der Waals surface area contributed by atoms with Gasteiger partial charge in [-0.25, -0.2) is 0 Å². The molecule has 0 aliphatic rings. The maximum absolute atomic E-state index is 6.11. The van der Waals surface area contributed by atoms with Gasteiger partial charge in [0.25, 0.3) is 0 Å². The molecule has 0 fully saturated rings. The van der Waals surface area contributed by atoms with E-state index in [0.29, 0.717) is 11.1 Å². The first kappa shape index (κ1) is 16.9. The van der Waals surface area contributed by atoms with Crippen LogP contribution in [0.15, 0.2) is 59.6 Å². The van der Waals surface area contributed by atoms with E-state index in [1.54, 1.807) is 11.8 Å². The van der Waals surface area contributed by atoms with Crippen LogP contribution in [0.2, 0.25) is 5.02 Å². The van der Waals surface area contributed by atoms with Gasteiger partial charge < -0.3 is 5.73 Å². The number of hydrogen-bond acceptors (Lipinski definition) is 2. The second-order valence-electron chi connectivity index (χ2n) is 5.53. The molecule has 0 saturated carbocycles. The molecule has 0 amide bonds. The van der Waals surface area contributed by atoms with Gasteiger partial charge in [-0.15, -0.1) is 0 Å². The predicted molar refractivity (Wildman–Crippen MR) is 98.7 cm³/mol. The Labute approximate surface area is 141 Å². The first-order valence-electron chi connectivity index (χ1n) is 7.33. The standard InChI is InChI=1S/C18H21ClN2S/c1-13(2)12-21-18(20)22-17(14-6-4-3-5-7-14)15-8-10-16(19)11-9-15/h3-11,13,17H,12H2,1-2H3,(H2,20,21)/t17-/m1/s1. The Morgan fingerprint density at radius 3 is 2.23 bits per heavy atom. The van der Waals surface area contributed by atoms with Crippen molar-refractivity contribution >= 4 is 28.5 Å². The molecule has 0 heterocycles. The van der Waals surface area contributed by atoms with Crippen molar-refractivity contribution < 1.29 is 0 Å². The maximum atomic E-state index is 6.11. The Morgan fingerprint density at radius 2 is 1.64 bits per heavy atom. The summed E-state index contributed by atoms with van der Waals surface area (Å²) >= 11 is 7.58. The molecule has 0 unspecified atom stereocenters. The number of nitrogens with zero attached hydrogens (tertiary/aromatic N) is 1. The van der Waals surface area contributed by atoms with Crippen molar-refractivity contribution in [3.8, 4) is 0 Å². The summed E-state index contributed by atoms with van der Waals surface area (Å²) in [6.07, 6.45) is 0. The van der Waals surface area contributed by atoms with Crippen LogP contribution in [0.3, 0.4) is 0 Å². The summed E-state index contributed by atoms with van der Waals surface area (Å²) in [5.41, 5.74) is 8.49.